The van der Waals surface area contributed by atoms with Gasteiger partial charge in [-0.1, -0.05) is 24.3 Å². The highest BCUT2D eigenvalue weighted by Crippen LogP contribution is 2.38. The van der Waals surface area contributed by atoms with Crippen molar-refractivity contribution in [2.45, 2.75) is 31.7 Å². The predicted octanol–water partition coefficient (Wildman–Crippen LogP) is 3.63. The van der Waals surface area contributed by atoms with Gasteiger partial charge in [-0.3, -0.25) is 4.79 Å². The minimum Gasteiger partial charge on any atom is -0.452 e. The van der Waals surface area contributed by atoms with Crippen molar-refractivity contribution in [3.63, 3.8) is 0 Å². The molecule has 1 saturated heterocycles. The van der Waals surface area contributed by atoms with Crippen molar-refractivity contribution in [2.75, 3.05) is 18.1 Å². The summed E-state index contributed by atoms with van der Waals surface area (Å²) in [5, 5.41) is 5.44. The largest absolute Gasteiger partial charge is 0.452 e. The molecule has 2 aromatic heterocycles. The van der Waals surface area contributed by atoms with Gasteiger partial charge in [-0.25, -0.2) is 18.2 Å². The number of para-hydroxylation sites is 1. The Morgan fingerprint density at radius 3 is 2.76 bits per heavy atom. The molecule has 0 bridgehead atoms. The fraction of sp³-hybridized carbons (Fsp3) is 0.320. The Hall–Kier alpha value is -3.04. The number of pyridine rings is 1. The third kappa shape index (κ3) is 4.50. The lowest BCUT2D eigenvalue weighted by atomic mass is 10.0. The summed E-state index contributed by atoms with van der Waals surface area (Å²) in [6.07, 6.45) is 3.88. The number of aromatic nitrogens is 1. The SMILES string of the molecule is CC1(NC(=O)COC(=O)c2c3c(nc4ccccc24)/C(=C/c2cccs2)CC3)CCS(=O)(=O)C1. The number of ether oxygens (including phenoxy) is 1. The van der Waals surface area contributed by atoms with E-state index in [1.54, 1.807) is 18.3 Å². The molecule has 1 atom stereocenters. The van der Waals surface area contributed by atoms with Gasteiger partial charge in [-0.15, -0.1) is 11.3 Å². The third-order valence-corrected chi connectivity index (χ3v) is 9.01. The molecule has 1 N–H and O–H groups in total. The van der Waals surface area contributed by atoms with Gasteiger partial charge in [0, 0.05) is 10.3 Å². The van der Waals surface area contributed by atoms with E-state index in [0.29, 0.717) is 29.3 Å². The Kier molecular flexibility index (Phi) is 5.77. The van der Waals surface area contributed by atoms with Crippen LogP contribution in [0.15, 0.2) is 41.8 Å². The molecule has 0 saturated carbocycles. The van der Waals surface area contributed by atoms with Gasteiger partial charge in [0.25, 0.3) is 5.91 Å². The fourth-order valence-electron chi connectivity index (χ4n) is 4.74. The molecule has 1 aliphatic carbocycles. The van der Waals surface area contributed by atoms with Crippen molar-refractivity contribution in [1.82, 2.24) is 10.3 Å². The molecule has 9 heteroatoms. The van der Waals surface area contributed by atoms with Crippen molar-refractivity contribution in [2.24, 2.45) is 0 Å². The molecule has 1 aliphatic heterocycles. The number of thiophene rings is 1. The first-order valence-corrected chi connectivity index (χ1v) is 13.8. The second-order valence-corrected chi connectivity index (χ2v) is 12.2. The Balaban J connectivity index is 1.40. The zero-order valence-corrected chi connectivity index (χ0v) is 20.3. The molecule has 1 unspecified atom stereocenters. The molecule has 2 aliphatic rings. The van der Waals surface area contributed by atoms with E-state index in [2.05, 4.69) is 11.4 Å². The van der Waals surface area contributed by atoms with E-state index in [-0.39, 0.29) is 11.5 Å². The van der Waals surface area contributed by atoms with Crippen molar-refractivity contribution >= 4 is 55.6 Å². The summed E-state index contributed by atoms with van der Waals surface area (Å²) < 4.78 is 29.0. The van der Waals surface area contributed by atoms with Gasteiger partial charge in [0.05, 0.1) is 33.8 Å². The molecule has 3 heterocycles. The maximum absolute atomic E-state index is 13.2. The molecule has 1 amide bonds. The molecule has 5 rings (SSSR count). The second-order valence-electron chi connectivity index (χ2n) is 9.04. The Morgan fingerprint density at radius 2 is 2.03 bits per heavy atom. The second kappa shape index (κ2) is 8.63. The molecule has 7 nitrogen and oxygen atoms in total. The zero-order chi connectivity index (χ0) is 23.9. The van der Waals surface area contributed by atoms with Gasteiger partial charge < -0.3 is 10.1 Å². The molecule has 1 fully saturated rings. The smallest absolute Gasteiger partial charge is 0.339 e. The van der Waals surface area contributed by atoms with Crippen LogP contribution in [0, 0.1) is 0 Å². The Bertz CT molecular complexity index is 1430. The summed E-state index contributed by atoms with van der Waals surface area (Å²) in [5.41, 5.74) is 3.00. The van der Waals surface area contributed by atoms with Crippen LogP contribution in [0.3, 0.4) is 0 Å². The minimum atomic E-state index is -3.16. The molecular formula is C25H24N2O5S2. The van der Waals surface area contributed by atoms with Gasteiger partial charge in [0.1, 0.15) is 0 Å². The first kappa shape index (κ1) is 22.7. The quantitative estimate of drug-likeness (QED) is 0.541. The van der Waals surface area contributed by atoms with E-state index in [0.717, 1.165) is 28.1 Å². The van der Waals surface area contributed by atoms with E-state index in [4.69, 9.17) is 9.72 Å². The number of nitrogens with one attached hydrogen (secondary N) is 1. The van der Waals surface area contributed by atoms with E-state index in [9.17, 15) is 18.0 Å². The normalized spacial score (nSPS) is 22.1. The minimum absolute atomic E-state index is 0.0417. The number of fused-ring (bicyclic) bond motifs is 2. The van der Waals surface area contributed by atoms with Crippen LogP contribution < -0.4 is 5.32 Å². The van der Waals surface area contributed by atoms with E-state index >= 15 is 0 Å². The highest BCUT2D eigenvalue weighted by Gasteiger charge is 2.39. The first-order chi connectivity index (χ1) is 16.2. The maximum Gasteiger partial charge on any atom is 0.339 e. The number of hydrogen-bond acceptors (Lipinski definition) is 7. The van der Waals surface area contributed by atoms with Crippen molar-refractivity contribution in [3.8, 4) is 0 Å². The van der Waals surface area contributed by atoms with Crippen molar-refractivity contribution < 1.29 is 22.7 Å². The molecular weight excluding hydrogens is 472 g/mol. The molecule has 0 radical (unpaired) electrons. The van der Waals surface area contributed by atoms with Crippen LogP contribution in [0.25, 0.3) is 22.6 Å². The number of rotatable bonds is 5. The lowest BCUT2D eigenvalue weighted by Crippen LogP contribution is -2.48. The van der Waals surface area contributed by atoms with Gasteiger partial charge in [0.15, 0.2) is 16.4 Å². The van der Waals surface area contributed by atoms with Crippen LogP contribution in [0.2, 0.25) is 0 Å². The van der Waals surface area contributed by atoms with Gasteiger partial charge >= 0.3 is 5.97 Å². The van der Waals surface area contributed by atoms with Crippen molar-refractivity contribution in [1.29, 1.82) is 0 Å². The number of benzene rings is 1. The number of esters is 1. The van der Waals surface area contributed by atoms with Crippen LogP contribution in [0.4, 0.5) is 0 Å². The van der Waals surface area contributed by atoms with E-state index in [1.807, 2.05) is 41.8 Å². The Morgan fingerprint density at radius 1 is 1.21 bits per heavy atom. The molecule has 0 spiro atoms. The number of carbonyl (C=O) groups excluding carboxylic acids is 2. The highest BCUT2D eigenvalue weighted by molar-refractivity contribution is 7.91. The number of carbonyl (C=O) groups is 2. The van der Waals surface area contributed by atoms with Crippen LogP contribution in [0.5, 0.6) is 0 Å². The van der Waals surface area contributed by atoms with Gasteiger partial charge in [0.2, 0.25) is 0 Å². The maximum atomic E-state index is 13.2. The zero-order valence-electron chi connectivity index (χ0n) is 18.7. The van der Waals surface area contributed by atoms with Crippen molar-refractivity contribution in [3.05, 3.63) is 63.5 Å². The number of amides is 1. The molecule has 34 heavy (non-hydrogen) atoms. The average molecular weight is 497 g/mol. The monoisotopic (exact) mass is 496 g/mol. The molecule has 1 aromatic carbocycles. The first-order valence-electron chi connectivity index (χ1n) is 11.1. The highest BCUT2D eigenvalue weighted by atomic mass is 32.2. The number of nitrogens with zero attached hydrogens (tertiary/aromatic N) is 1. The standard InChI is InChI=1S/C25H24N2O5S2/c1-25(10-12-34(30,31)15-25)27-21(28)14-32-24(29)22-18-6-2-3-7-20(18)26-23-16(8-9-19(22)23)13-17-5-4-11-33-17/h2-7,11,13H,8-10,12,14-15H2,1H3,(H,27,28)/b16-13+. The van der Waals surface area contributed by atoms with E-state index < -0.39 is 33.9 Å². The number of sulfone groups is 1. The van der Waals surface area contributed by atoms with Crippen LogP contribution in [0.1, 0.15) is 46.3 Å². The summed E-state index contributed by atoms with van der Waals surface area (Å²) in [5.74, 6) is -1.16. The topological polar surface area (TPSA) is 102 Å². The molecule has 176 valence electrons. The summed E-state index contributed by atoms with van der Waals surface area (Å²) in [6, 6.07) is 11.5. The lowest BCUT2D eigenvalue weighted by molar-refractivity contribution is -0.125. The predicted molar refractivity (Wildman–Crippen MR) is 132 cm³/mol. The van der Waals surface area contributed by atoms with Gasteiger partial charge in [-0.05, 0) is 60.9 Å². The van der Waals surface area contributed by atoms with E-state index in [1.165, 1.54) is 0 Å². The number of hydrogen-bond donors (Lipinski definition) is 1. The van der Waals surface area contributed by atoms with Crippen LogP contribution >= 0.6 is 11.3 Å². The van der Waals surface area contributed by atoms with Crippen LogP contribution in [-0.2, 0) is 25.8 Å². The summed E-state index contributed by atoms with van der Waals surface area (Å²) in [7, 11) is -3.16. The summed E-state index contributed by atoms with van der Waals surface area (Å²) in [6.45, 7) is 1.22. The summed E-state index contributed by atoms with van der Waals surface area (Å²) >= 11 is 1.64. The van der Waals surface area contributed by atoms with Gasteiger partial charge in [-0.2, -0.15) is 0 Å². The summed E-state index contributed by atoms with van der Waals surface area (Å²) in [4.78, 5) is 31.7. The third-order valence-electron chi connectivity index (χ3n) is 6.28. The molecule has 3 aromatic rings. The number of allylic oxidation sites excluding steroid dienone is 1. The lowest BCUT2D eigenvalue weighted by Gasteiger charge is -2.23. The Labute approximate surface area is 201 Å². The fourth-order valence-corrected chi connectivity index (χ4v) is 7.52. The van der Waals surface area contributed by atoms with Crippen LogP contribution in [-0.4, -0.2) is 48.9 Å². The average Bonchev–Trinajstić information content (AvgIpc) is 3.51.